The van der Waals surface area contributed by atoms with Crippen molar-refractivity contribution in [1.82, 2.24) is 4.90 Å². The minimum Gasteiger partial charge on any atom is -0.381 e. The van der Waals surface area contributed by atoms with Crippen molar-refractivity contribution in [2.75, 3.05) is 26.8 Å². The Balaban J connectivity index is 1.93. The fourth-order valence-corrected chi connectivity index (χ4v) is 2.69. The van der Waals surface area contributed by atoms with Crippen LogP contribution in [0.4, 0.5) is 4.39 Å². The van der Waals surface area contributed by atoms with Crippen LogP contribution in [-0.4, -0.2) is 31.7 Å². The van der Waals surface area contributed by atoms with E-state index in [1.165, 1.54) is 12.5 Å². The second kappa shape index (κ2) is 6.98. The van der Waals surface area contributed by atoms with Crippen LogP contribution < -0.4 is 5.73 Å². The summed E-state index contributed by atoms with van der Waals surface area (Å²) in [6, 6.07) is 4.85. The highest BCUT2D eigenvalue weighted by Gasteiger charge is 2.16. The predicted octanol–water partition coefficient (Wildman–Crippen LogP) is 2.14. The number of halogens is 1. The van der Waals surface area contributed by atoms with Crippen molar-refractivity contribution < 1.29 is 9.13 Å². The van der Waals surface area contributed by atoms with Gasteiger partial charge in [-0.3, -0.25) is 0 Å². The van der Waals surface area contributed by atoms with Crippen molar-refractivity contribution in [2.24, 2.45) is 11.7 Å². The molecule has 4 heteroatoms. The Labute approximate surface area is 114 Å². The van der Waals surface area contributed by atoms with Gasteiger partial charge in [-0.25, -0.2) is 4.39 Å². The molecule has 19 heavy (non-hydrogen) atoms. The van der Waals surface area contributed by atoms with E-state index in [-0.39, 0.29) is 5.82 Å². The van der Waals surface area contributed by atoms with Gasteiger partial charge in [0, 0.05) is 26.2 Å². The molecular weight excluding hydrogens is 243 g/mol. The van der Waals surface area contributed by atoms with Crippen LogP contribution in [-0.2, 0) is 17.8 Å². The molecule has 1 saturated heterocycles. The van der Waals surface area contributed by atoms with Gasteiger partial charge < -0.3 is 15.4 Å². The molecule has 0 spiro atoms. The minimum absolute atomic E-state index is 0.193. The van der Waals surface area contributed by atoms with Crippen LogP contribution in [0.5, 0.6) is 0 Å². The number of rotatable bonds is 5. The molecule has 0 aromatic heterocycles. The van der Waals surface area contributed by atoms with Crippen molar-refractivity contribution >= 4 is 0 Å². The highest BCUT2D eigenvalue weighted by atomic mass is 19.1. The highest BCUT2D eigenvalue weighted by molar-refractivity contribution is 5.27. The summed E-state index contributed by atoms with van der Waals surface area (Å²) < 4.78 is 18.8. The maximum absolute atomic E-state index is 13.3. The van der Waals surface area contributed by atoms with E-state index in [4.69, 9.17) is 10.5 Å². The summed E-state index contributed by atoms with van der Waals surface area (Å²) >= 11 is 0. The smallest absolute Gasteiger partial charge is 0.123 e. The minimum atomic E-state index is -0.193. The van der Waals surface area contributed by atoms with Crippen LogP contribution in [0.3, 0.4) is 0 Å². The first-order valence-electron chi connectivity index (χ1n) is 6.92. The summed E-state index contributed by atoms with van der Waals surface area (Å²) in [7, 11) is 2.07. The van der Waals surface area contributed by atoms with Crippen LogP contribution in [0.2, 0.25) is 0 Å². The summed E-state index contributed by atoms with van der Waals surface area (Å²) in [6.45, 7) is 3.91. The molecule has 3 nitrogen and oxygen atoms in total. The maximum atomic E-state index is 13.3. The van der Waals surface area contributed by atoms with Gasteiger partial charge in [0.05, 0.1) is 6.61 Å². The van der Waals surface area contributed by atoms with E-state index in [0.29, 0.717) is 12.5 Å². The zero-order chi connectivity index (χ0) is 13.7. The van der Waals surface area contributed by atoms with Crippen molar-refractivity contribution in [3.8, 4) is 0 Å². The Bertz CT molecular complexity index is 405. The van der Waals surface area contributed by atoms with Gasteiger partial charge in [0.2, 0.25) is 0 Å². The van der Waals surface area contributed by atoms with Gasteiger partial charge in [0.25, 0.3) is 0 Å². The van der Waals surface area contributed by atoms with Crippen molar-refractivity contribution in [3.05, 3.63) is 35.1 Å². The summed E-state index contributed by atoms with van der Waals surface area (Å²) in [6.07, 6.45) is 2.36. The normalized spacial score (nSPS) is 19.9. The number of ether oxygens (including phenoxy) is 1. The highest BCUT2D eigenvalue weighted by Crippen LogP contribution is 2.17. The third-order valence-electron chi connectivity index (χ3n) is 3.65. The standard InChI is InChI=1S/C15H23FN2O/c1-18(9-12-3-2-6-19-11-12)10-14-7-15(16)5-4-13(14)8-17/h4-5,7,12H,2-3,6,8-11,17H2,1H3. The van der Waals surface area contributed by atoms with Gasteiger partial charge in [0.1, 0.15) is 5.82 Å². The molecule has 0 saturated carbocycles. The third-order valence-corrected chi connectivity index (χ3v) is 3.65. The van der Waals surface area contributed by atoms with Crippen LogP contribution in [0.15, 0.2) is 18.2 Å². The SMILES string of the molecule is CN(Cc1cc(F)ccc1CN)CC1CCCOC1. The summed E-state index contributed by atoms with van der Waals surface area (Å²) in [4.78, 5) is 2.23. The molecule has 2 rings (SSSR count). The molecule has 2 N–H and O–H groups in total. The Hall–Kier alpha value is -0.970. The molecular formula is C15H23FN2O. The third kappa shape index (κ3) is 4.27. The molecule has 106 valence electrons. The van der Waals surface area contributed by atoms with E-state index in [0.717, 1.165) is 43.9 Å². The molecule has 0 aliphatic carbocycles. The van der Waals surface area contributed by atoms with Crippen molar-refractivity contribution in [1.29, 1.82) is 0 Å². The number of nitrogens with zero attached hydrogens (tertiary/aromatic N) is 1. The monoisotopic (exact) mass is 266 g/mol. The molecule has 1 heterocycles. The molecule has 1 aromatic carbocycles. The first-order chi connectivity index (χ1) is 9.19. The average molecular weight is 266 g/mol. The van der Waals surface area contributed by atoms with Crippen molar-refractivity contribution in [2.45, 2.75) is 25.9 Å². The molecule has 1 aliphatic heterocycles. The number of hydrogen-bond donors (Lipinski definition) is 1. The van der Waals surface area contributed by atoms with Crippen LogP contribution in [0.1, 0.15) is 24.0 Å². The first kappa shape index (κ1) is 14.4. The quantitative estimate of drug-likeness (QED) is 0.887. The fraction of sp³-hybridized carbons (Fsp3) is 0.600. The Kier molecular flexibility index (Phi) is 5.31. The first-order valence-corrected chi connectivity index (χ1v) is 6.92. The predicted molar refractivity (Wildman–Crippen MR) is 74.2 cm³/mol. The summed E-state index contributed by atoms with van der Waals surface area (Å²) in [5, 5.41) is 0. The van der Waals surface area contributed by atoms with Crippen LogP contribution >= 0.6 is 0 Å². The fourth-order valence-electron chi connectivity index (χ4n) is 2.69. The second-order valence-electron chi connectivity index (χ2n) is 5.40. The molecule has 0 bridgehead atoms. The number of hydrogen-bond acceptors (Lipinski definition) is 3. The topological polar surface area (TPSA) is 38.5 Å². The van der Waals surface area contributed by atoms with Gasteiger partial charge in [-0.1, -0.05) is 6.07 Å². The lowest BCUT2D eigenvalue weighted by atomic mass is 10.0. The maximum Gasteiger partial charge on any atom is 0.123 e. The van der Waals surface area contributed by atoms with Gasteiger partial charge >= 0.3 is 0 Å². The lowest BCUT2D eigenvalue weighted by molar-refractivity contribution is 0.0411. The van der Waals surface area contributed by atoms with Crippen molar-refractivity contribution in [3.63, 3.8) is 0 Å². The molecule has 1 aliphatic rings. The van der Waals surface area contributed by atoms with Crippen LogP contribution in [0, 0.1) is 11.7 Å². The van der Waals surface area contributed by atoms with E-state index in [1.54, 1.807) is 12.1 Å². The van der Waals surface area contributed by atoms with Gasteiger partial charge in [-0.2, -0.15) is 0 Å². The molecule has 0 amide bonds. The molecule has 0 radical (unpaired) electrons. The van der Waals surface area contributed by atoms with Gasteiger partial charge in [0.15, 0.2) is 0 Å². The number of nitrogens with two attached hydrogens (primary N) is 1. The molecule has 1 fully saturated rings. The summed E-state index contributed by atoms with van der Waals surface area (Å²) in [5.41, 5.74) is 7.71. The number of benzene rings is 1. The van der Waals surface area contributed by atoms with Gasteiger partial charge in [-0.15, -0.1) is 0 Å². The van der Waals surface area contributed by atoms with E-state index >= 15 is 0 Å². The van der Waals surface area contributed by atoms with Crippen LogP contribution in [0.25, 0.3) is 0 Å². The second-order valence-corrected chi connectivity index (χ2v) is 5.40. The molecule has 1 unspecified atom stereocenters. The Morgan fingerprint density at radius 1 is 1.42 bits per heavy atom. The van der Waals surface area contributed by atoms with E-state index in [2.05, 4.69) is 11.9 Å². The molecule has 1 aromatic rings. The zero-order valence-corrected chi connectivity index (χ0v) is 11.6. The Morgan fingerprint density at radius 2 is 2.26 bits per heavy atom. The summed E-state index contributed by atoms with van der Waals surface area (Å²) in [5.74, 6) is 0.398. The zero-order valence-electron chi connectivity index (χ0n) is 11.6. The average Bonchev–Trinajstić information content (AvgIpc) is 2.40. The Morgan fingerprint density at radius 3 is 2.95 bits per heavy atom. The largest absolute Gasteiger partial charge is 0.381 e. The van der Waals surface area contributed by atoms with E-state index in [9.17, 15) is 4.39 Å². The van der Waals surface area contributed by atoms with E-state index in [1.807, 2.05) is 0 Å². The van der Waals surface area contributed by atoms with E-state index < -0.39 is 0 Å². The lowest BCUT2D eigenvalue weighted by Crippen LogP contribution is -2.31. The lowest BCUT2D eigenvalue weighted by Gasteiger charge is -2.27. The van der Waals surface area contributed by atoms with Gasteiger partial charge in [-0.05, 0) is 49.1 Å². The molecule has 1 atom stereocenters.